The predicted molar refractivity (Wildman–Crippen MR) is 120 cm³/mol. The van der Waals surface area contributed by atoms with Crippen molar-refractivity contribution in [2.75, 3.05) is 32.2 Å². The van der Waals surface area contributed by atoms with Gasteiger partial charge in [-0.1, -0.05) is 30.7 Å². The van der Waals surface area contributed by atoms with Gasteiger partial charge < -0.3 is 19.7 Å². The van der Waals surface area contributed by atoms with E-state index in [1.54, 1.807) is 19.1 Å². The molecule has 2 heterocycles. The second kappa shape index (κ2) is 10.3. The van der Waals surface area contributed by atoms with Crippen molar-refractivity contribution in [3.63, 3.8) is 0 Å². The highest BCUT2D eigenvalue weighted by Gasteiger charge is 2.15. The number of rotatable bonds is 10. The second-order valence-corrected chi connectivity index (χ2v) is 7.90. The third-order valence-corrected chi connectivity index (χ3v) is 5.54. The minimum absolute atomic E-state index is 0.102. The molecule has 0 radical (unpaired) electrons. The first-order valence-corrected chi connectivity index (χ1v) is 10.9. The van der Waals surface area contributed by atoms with Crippen molar-refractivity contribution in [2.24, 2.45) is 0 Å². The van der Waals surface area contributed by atoms with Gasteiger partial charge in [-0.3, -0.25) is 9.59 Å². The van der Waals surface area contributed by atoms with E-state index in [4.69, 9.17) is 9.47 Å². The van der Waals surface area contributed by atoms with Crippen LogP contribution in [0.4, 0.5) is 5.13 Å². The fraction of sp³-hybridized carbons (Fsp3) is 0.429. The minimum Gasteiger partial charge on any atom is -0.493 e. The van der Waals surface area contributed by atoms with Crippen molar-refractivity contribution >= 4 is 27.3 Å². The number of nitrogens with zero attached hydrogens (tertiary/aromatic N) is 4. The van der Waals surface area contributed by atoms with Crippen molar-refractivity contribution < 1.29 is 14.3 Å². The molecule has 0 aliphatic rings. The fourth-order valence-corrected chi connectivity index (χ4v) is 3.91. The quantitative estimate of drug-likeness (QED) is 0.511. The van der Waals surface area contributed by atoms with Gasteiger partial charge in [-0.05, 0) is 31.0 Å². The molecule has 0 saturated heterocycles. The number of hydrogen-bond acceptors (Lipinski definition) is 8. The van der Waals surface area contributed by atoms with Gasteiger partial charge in [0, 0.05) is 25.4 Å². The molecule has 0 bridgehead atoms. The number of methoxy groups -OCH3 is 1. The number of likely N-dealkylation sites (N-methyl/N-ethyl adjacent to an activating group) is 1. The molecule has 2 aromatic heterocycles. The third-order valence-electron chi connectivity index (χ3n) is 4.52. The molecule has 0 spiro atoms. The number of carbonyl (C=O) groups is 1. The van der Waals surface area contributed by atoms with E-state index < -0.39 is 0 Å². The van der Waals surface area contributed by atoms with Crippen LogP contribution >= 0.6 is 11.3 Å². The highest BCUT2D eigenvalue weighted by atomic mass is 32.1. The van der Waals surface area contributed by atoms with E-state index in [0.29, 0.717) is 34.7 Å². The number of carbonyl (C=O) groups excluding carboxylic acids is 1. The number of fused-ring (bicyclic) bond motifs is 1. The maximum absolute atomic E-state index is 12.4. The van der Waals surface area contributed by atoms with Crippen LogP contribution in [0, 0.1) is 0 Å². The summed E-state index contributed by atoms with van der Waals surface area (Å²) in [7, 11) is 3.34. The number of aromatic nitrogens is 3. The SMILES string of the molecule is CCCc1cc(=O)n2nc(N(C)CC(=O)NCc3ccc(OCC)c(OC)c3)sc2n1. The van der Waals surface area contributed by atoms with E-state index in [1.807, 2.05) is 32.0 Å². The maximum Gasteiger partial charge on any atom is 0.275 e. The van der Waals surface area contributed by atoms with Gasteiger partial charge in [-0.2, -0.15) is 4.52 Å². The van der Waals surface area contributed by atoms with E-state index in [1.165, 1.54) is 21.9 Å². The summed E-state index contributed by atoms with van der Waals surface area (Å²) in [5.74, 6) is 1.13. The van der Waals surface area contributed by atoms with Crippen molar-refractivity contribution in [3.8, 4) is 11.5 Å². The zero-order valence-corrected chi connectivity index (χ0v) is 19.0. The zero-order valence-electron chi connectivity index (χ0n) is 18.2. The average Bonchev–Trinajstić information content (AvgIpc) is 3.18. The molecule has 3 rings (SSSR count). The summed E-state index contributed by atoms with van der Waals surface area (Å²) in [6.45, 7) is 4.96. The predicted octanol–water partition coefficient (Wildman–Crippen LogP) is 2.26. The Morgan fingerprint density at radius 3 is 2.77 bits per heavy atom. The Morgan fingerprint density at radius 1 is 1.26 bits per heavy atom. The normalized spacial score (nSPS) is 10.8. The molecule has 1 N–H and O–H groups in total. The van der Waals surface area contributed by atoms with Crippen LogP contribution in [-0.4, -0.2) is 47.8 Å². The van der Waals surface area contributed by atoms with Crippen LogP contribution in [0.2, 0.25) is 0 Å². The first kappa shape index (κ1) is 22.5. The van der Waals surface area contributed by atoms with Crippen molar-refractivity contribution in [2.45, 2.75) is 33.2 Å². The molecule has 0 unspecified atom stereocenters. The molecule has 3 aromatic rings. The fourth-order valence-electron chi connectivity index (χ4n) is 3.02. The molecule has 0 aliphatic heterocycles. The number of nitrogens with one attached hydrogen (secondary N) is 1. The van der Waals surface area contributed by atoms with Crippen molar-refractivity contribution in [1.82, 2.24) is 19.9 Å². The molecular weight excluding hydrogens is 418 g/mol. The molecule has 10 heteroatoms. The lowest BCUT2D eigenvalue weighted by Crippen LogP contribution is -2.34. The number of amides is 1. The highest BCUT2D eigenvalue weighted by molar-refractivity contribution is 7.20. The second-order valence-electron chi connectivity index (χ2n) is 6.97. The average molecular weight is 446 g/mol. The lowest BCUT2D eigenvalue weighted by atomic mass is 10.2. The largest absolute Gasteiger partial charge is 0.493 e. The standard InChI is InChI=1S/C21H27N5O4S/c1-5-7-15-11-19(28)26-20(23-15)31-21(24-26)25(3)13-18(27)22-12-14-8-9-16(30-6-2)17(10-14)29-4/h8-11H,5-7,12-13H2,1-4H3,(H,22,27). The Hall–Kier alpha value is -3.14. The van der Waals surface area contributed by atoms with Crippen molar-refractivity contribution in [1.29, 1.82) is 0 Å². The first-order chi connectivity index (χ1) is 14.9. The molecular formula is C21H27N5O4S. The number of anilines is 1. The van der Waals surface area contributed by atoms with Crippen LogP contribution in [0.5, 0.6) is 11.5 Å². The van der Waals surface area contributed by atoms with Crippen LogP contribution in [-0.2, 0) is 17.8 Å². The Balaban J connectivity index is 1.63. The van der Waals surface area contributed by atoms with Gasteiger partial charge in [0.15, 0.2) is 11.5 Å². The summed E-state index contributed by atoms with van der Waals surface area (Å²) >= 11 is 1.28. The van der Waals surface area contributed by atoms with Crippen LogP contribution in [0.25, 0.3) is 4.96 Å². The summed E-state index contributed by atoms with van der Waals surface area (Å²) in [6, 6.07) is 7.07. The number of hydrogen-bond donors (Lipinski definition) is 1. The van der Waals surface area contributed by atoms with Crippen LogP contribution in [0.3, 0.4) is 0 Å². The van der Waals surface area contributed by atoms with Crippen LogP contribution in [0.1, 0.15) is 31.5 Å². The van der Waals surface area contributed by atoms with Gasteiger partial charge in [0.25, 0.3) is 5.56 Å². The summed E-state index contributed by atoms with van der Waals surface area (Å²) in [5, 5.41) is 7.75. The van der Waals surface area contributed by atoms with E-state index in [-0.39, 0.29) is 18.0 Å². The molecule has 166 valence electrons. The van der Waals surface area contributed by atoms with E-state index in [0.717, 1.165) is 24.1 Å². The summed E-state index contributed by atoms with van der Waals surface area (Å²) in [4.78, 5) is 31.4. The van der Waals surface area contributed by atoms with E-state index in [2.05, 4.69) is 15.4 Å². The Labute approximate surface area is 184 Å². The molecule has 9 nitrogen and oxygen atoms in total. The number of ether oxygens (including phenoxy) is 2. The molecule has 0 atom stereocenters. The van der Waals surface area contributed by atoms with Gasteiger partial charge in [0.2, 0.25) is 16.0 Å². The van der Waals surface area contributed by atoms with Gasteiger partial charge in [-0.25, -0.2) is 4.98 Å². The number of benzene rings is 1. The molecule has 1 amide bonds. The van der Waals surface area contributed by atoms with E-state index >= 15 is 0 Å². The van der Waals surface area contributed by atoms with Crippen LogP contribution in [0.15, 0.2) is 29.1 Å². The van der Waals surface area contributed by atoms with Gasteiger partial charge in [0.05, 0.1) is 20.3 Å². The summed E-state index contributed by atoms with van der Waals surface area (Å²) in [5.41, 5.74) is 1.45. The van der Waals surface area contributed by atoms with Gasteiger partial charge in [0.1, 0.15) is 0 Å². The summed E-state index contributed by atoms with van der Waals surface area (Å²) < 4.78 is 12.1. The molecule has 0 saturated carbocycles. The Morgan fingerprint density at radius 2 is 2.06 bits per heavy atom. The smallest absolute Gasteiger partial charge is 0.275 e. The molecule has 1 aromatic carbocycles. The molecule has 31 heavy (non-hydrogen) atoms. The Bertz CT molecular complexity index is 1110. The van der Waals surface area contributed by atoms with Gasteiger partial charge >= 0.3 is 0 Å². The van der Waals surface area contributed by atoms with Crippen LogP contribution < -0.4 is 25.2 Å². The zero-order chi connectivity index (χ0) is 22.4. The lowest BCUT2D eigenvalue weighted by molar-refractivity contribution is -0.119. The maximum atomic E-state index is 12.4. The van der Waals surface area contributed by atoms with E-state index in [9.17, 15) is 9.59 Å². The highest BCUT2D eigenvalue weighted by Crippen LogP contribution is 2.28. The Kier molecular flexibility index (Phi) is 7.45. The lowest BCUT2D eigenvalue weighted by Gasteiger charge is -2.15. The first-order valence-electron chi connectivity index (χ1n) is 10.1. The topological polar surface area (TPSA) is 98.1 Å². The summed E-state index contributed by atoms with van der Waals surface area (Å²) in [6.07, 6.45) is 1.65. The monoisotopic (exact) mass is 445 g/mol. The minimum atomic E-state index is -0.210. The number of aryl methyl sites for hydroxylation is 1. The molecule has 0 aliphatic carbocycles. The van der Waals surface area contributed by atoms with Gasteiger partial charge in [-0.15, -0.1) is 5.10 Å². The third kappa shape index (κ3) is 5.52. The van der Waals surface area contributed by atoms with Crippen molar-refractivity contribution in [3.05, 3.63) is 45.9 Å². The molecule has 0 fully saturated rings.